The number of aliphatic hydroxyl groups excluding tert-OH is 1. The van der Waals surface area contributed by atoms with Crippen LogP contribution in [0, 0.1) is 17.2 Å². The van der Waals surface area contributed by atoms with Gasteiger partial charge in [0, 0.05) is 6.20 Å². The van der Waals surface area contributed by atoms with Crippen LogP contribution in [-0.2, 0) is 6.54 Å². The second-order valence-electron chi connectivity index (χ2n) is 4.21. The molecular formula is C12H17N3O3. The van der Waals surface area contributed by atoms with Crippen molar-refractivity contribution in [2.75, 3.05) is 0 Å². The summed E-state index contributed by atoms with van der Waals surface area (Å²) in [6, 6.07) is 1.71. The third kappa shape index (κ3) is 3.08. The van der Waals surface area contributed by atoms with Gasteiger partial charge in [-0.1, -0.05) is 26.7 Å². The molecule has 2 N–H and O–H groups in total. The maximum atomic E-state index is 11.5. The lowest BCUT2D eigenvalue weighted by Gasteiger charge is -2.20. The topological polar surface area (TPSA) is 98.9 Å². The Morgan fingerprint density at radius 3 is 2.56 bits per heavy atom. The van der Waals surface area contributed by atoms with E-state index in [1.807, 2.05) is 13.8 Å². The zero-order chi connectivity index (χ0) is 13.7. The summed E-state index contributed by atoms with van der Waals surface area (Å²) in [5, 5.41) is 18.7. The molecule has 0 bridgehead atoms. The molecule has 1 aromatic rings. The minimum Gasteiger partial charge on any atom is -0.391 e. The van der Waals surface area contributed by atoms with E-state index < -0.39 is 17.4 Å². The average Bonchev–Trinajstić information content (AvgIpc) is 2.34. The second-order valence-corrected chi connectivity index (χ2v) is 4.21. The van der Waals surface area contributed by atoms with Crippen LogP contribution >= 0.6 is 0 Å². The molecule has 1 unspecified atom stereocenters. The molecule has 1 heterocycles. The first-order valence-electron chi connectivity index (χ1n) is 5.95. The number of aromatic amines is 1. The predicted octanol–water partition coefficient (Wildman–Crippen LogP) is 0.205. The first-order valence-corrected chi connectivity index (χ1v) is 5.95. The summed E-state index contributed by atoms with van der Waals surface area (Å²) >= 11 is 0. The van der Waals surface area contributed by atoms with Gasteiger partial charge in [0.15, 0.2) is 0 Å². The van der Waals surface area contributed by atoms with Gasteiger partial charge in [0.05, 0.1) is 12.6 Å². The van der Waals surface area contributed by atoms with Crippen LogP contribution < -0.4 is 11.2 Å². The number of aliphatic hydroxyl groups is 1. The van der Waals surface area contributed by atoms with Crippen molar-refractivity contribution in [3.63, 3.8) is 0 Å². The summed E-state index contributed by atoms with van der Waals surface area (Å²) < 4.78 is 1.17. The molecule has 0 spiro atoms. The van der Waals surface area contributed by atoms with Gasteiger partial charge in [0.1, 0.15) is 11.6 Å². The van der Waals surface area contributed by atoms with Crippen molar-refractivity contribution < 1.29 is 5.11 Å². The van der Waals surface area contributed by atoms with E-state index in [4.69, 9.17) is 5.26 Å². The largest absolute Gasteiger partial charge is 0.391 e. The molecule has 0 amide bonds. The summed E-state index contributed by atoms with van der Waals surface area (Å²) in [6.45, 7) is 4.01. The third-order valence-corrected chi connectivity index (χ3v) is 3.11. The first kappa shape index (κ1) is 14.2. The molecule has 0 aromatic carbocycles. The minimum atomic E-state index is -0.698. The number of hydrogen-bond acceptors (Lipinski definition) is 4. The molecule has 0 aliphatic rings. The summed E-state index contributed by atoms with van der Waals surface area (Å²) in [5.41, 5.74) is -1.44. The van der Waals surface area contributed by atoms with E-state index in [1.165, 1.54) is 10.8 Å². The number of hydrogen-bond donors (Lipinski definition) is 2. The first-order chi connectivity index (χ1) is 8.53. The lowest BCUT2D eigenvalue weighted by Crippen LogP contribution is -2.36. The fraction of sp³-hybridized carbons (Fsp3) is 0.583. The van der Waals surface area contributed by atoms with E-state index in [9.17, 15) is 14.7 Å². The Kier molecular flexibility index (Phi) is 4.86. The van der Waals surface area contributed by atoms with Crippen LogP contribution in [0.1, 0.15) is 32.3 Å². The molecule has 0 saturated carbocycles. The van der Waals surface area contributed by atoms with Crippen LogP contribution in [0.3, 0.4) is 0 Å². The Balaban J connectivity index is 3.02. The van der Waals surface area contributed by atoms with Crippen molar-refractivity contribution in [3.05, 3.63) is 32.6 Å². The third-order valence-electron chi connectivity index (χ3n) is 3.11. The number of nitrogens with one attached hydrogen (secondary N) is 1. The lowest BCUT2D eigenvalue weighted by atomic mass is 9.96. The van der Waals surface area contributed by atoms with Gasteiger partial charge in [0.2, 0.25) is 0 Å². The molecule has 0 aliphatic carbocycles. The fourth-order valence-corrected chi connectivity index (χ4v) is 1.91. The van der Waals surface area contributed by atoms with Crippen molar-refractivity contribution in [2.24, 2.45) is 5.92 Å². The predicted molar refractivity (Wildman–Crippen MR) is 66.1 cm³/mol. The molecule has 1 atom stereocenters. The maximum absolute atomic E-state index is 11.5. The number of nitriles is 1. The van der Waals surface area contributed by atoms with Gasteiger partial charge in [-0.05, 0) is 5.92 Å². The molecular weight excluding hydrogens is 234 g/mol. The van der Waals surface area contributed by atoms with E-state index in [0.29, 0.717) is 0 Å². The summed E-state index contributed by atoms with van der Waals surface area (Å²) in [5.74, 6) is 0.0920. The maximum Gasteiger partial charge on any atom is 0.328 e. The molecule has 1 rings (SSSR count). The van der Waals surface area contributed by atoms with Crippen molar-refractivity contribution in [3.8, 4) is 6.07 Å². The highest BCUT2D eigenvalue weighted by atomic mass is 16.3. The zero-order valence-corrected chi connectivity index (χ0v) is 10.5. The van der Waals surface area contributed by atoms with Gasteiger partial charge in [-0.15, -0.1) is 0 Å². The molecule has 6 heteroatoms. The van der Waals surface area contributed by atoms with Gasteiger partial charge >= 0.3 is 5.69 Å². The fourth-order valence-electron chi connectivity index (χ4n) is 1.91. The minimum absolute atomic E-state index is 0.0800. The van der Waals surface area contributed by atoms with Gasteiger partial charge < -0.3 is 5.11 Å². The van der Waals surface area contributed by atoms with Crippen LogP contribution in [0.4, 0.5) is 0 Å². The zero-order valence-electron chi connectivity index (χ0n) is 10.5. The van der Waals surface area contributed by atoms with Crippen LogP contribution in [-0.4, -0.2) is 20.8 Å². The van der Waals surface area contributed by atoms with Crippen LogP contribution in [0.15, 0.2) is 15.8 Å². The highest BCUT2D eigenvalue weighted by Crippen LogP contribution is 2.13. The molecule has 0 fully saturated rings. The van der Waals surface area contributed by atoms with E-state index in [-0.39, 0.29) is 18.0 Å². The van der Waals surface area contributed by atoms with Gasteiger partial charge in [-0.2, -0.15) is 5.26 Å². The highest BCUT2D eigenvalue weighted by Gasteiger charge is 2.17. The van der Waals surface area contributed by atoms with Gasteiger partial charge in [-0.25, -0.2) is 4.79 Å². The monoisotopic (exact) mass is 251 g/mol. The Hall–Kier alpha value is -1.87. The van der Waals surface area contributed by atoms with Crippen molar-refractivity contribution in [1.29, 1.82) is 5.26 Å². The summed E-state index contributed by atoms with van der Waals surface area (Å²) in [4.78, 5) is 24.8. The molecule has 6 nitrogen and oxygen atoms in total. The second kappa shape index (κ2) is 6.17. The Labute approximate surface area is 105 Å². The molecule has 0 radical (unpaired) electrons. The highest BCUT2D eigenvalue weighted by molar-refractivity contribution is 5.21. The molecule has 0 aliphatic heterocycles. The SMILES string of the molecule is CCC(CC)C(O)Cn1cc(C#N)c(=O)[nH]c1=O. The van der Waals surface area contributed by atoms with Crippen LogP contribution in [0.5, 0.6) is 0 Å². The van der Waals surface area contributed by atoms with E-state index in [1.54, 1.807) is 6.07 Å². The van der Waals surface area contributed by atoms with E-state index >= 15 is 0 Å². The number of nitrogens with zero attached hydrogens (tertiary/aromatic N) is 2. The van der Waals surface area contributed by atoms with E-state index in [0.717, 1.165) is 12.8 Å². The lowest BCUT2D eigenvalue weighted by molar-refractivity contribution is 0.0842. The average molecular weight is 251 g/mol. The molecule has 1 aromatic heterocycles. The van der Waals surface area contributed by atoms with Crippen molar-refractivity contribution >= 4 is 0 Å². The van der Waals surface area contributed by atoms with Crippen molar-refractivity contribution in [1.82, 2.24) is 9.55 Å². The Bertz CT molecular complexity index is 549. The number of H-pyrrole nitrogens is 1. The number of rotatable bonds is 5. The Morgan fingerprint density at radius 1 is 1.44 bits per heavy atom. The van der Waals surface area contributed by atoms with Crippen LogP contribution in [0.25, 0.3) is 0 Å². The van der Waals surface area contributed by atoms with E-state index in [2.05, 4.69) is 4.98 Å². The van der Waals surface area contributed by atoms with Gasteiger partial charge in [-0.3, -0.25) is 14.3 Å². The molecule has 0 saturated heterocycles. The summed E-state index contributed by atoms with van der Waals surface area (Å²) in [6.07, 6.45) is 2.13. The summed E-state index contributed by atoms with van der Waals surface area (Å²) in [7, 11) is 0. The normalized spacial score (nSPS) is 12.4. The molecule has 98 valence electrons. The standard InChI is InChI=1S/C12H17N3O3/c1-3-8(4-2)10(16)7-15-6-9(5-13)11(17)14-12(15)18/h6,8,10,16H,3-4,7H2,1-2H3,(H,14,17,18). The quantitative estimate of drug-likeness (QED) is 0.781. The smallest absolute Gasteiger partial charge is 0.328 e. The molecule has 18 heavy (non-hydrogen) atoms. The van der Waals surface area contributed by atoms with Gasteiger partial charge in [0.25, 0.3) is 5.56 Å². The van der Waals surface area contributed by atoms with Crippen LogP contribution in [0.2, 0.25) is 0 Å². The number of aromatic nitrogens is 2. The van der Waals surface area contributed by atoms with Crippen molar-refractivity contribution in [2.45, 2.75) is 39.3 Å². The Morgan fingerprint density at radius 2 is 2.06 bits per heavy atom.